The summed E-state index contributed by atoms with van der Waals surface area (Å²) in [6.07, 6.45) is 4.56. The van der Waals surface area contributed by atoms with Crippen molar-refractivity contribution in [2.75, 3.05) is 45.3 Å². The average molecular weight is 445 g/mol. The van der Waals surface area contributed by atoms with Gasteiger partial charge in [-0.2, -0.15) is 0 Å². The maximum Gasteiger partial charge on any atom is 0.191 e. The molecule has 2 saturated heterocycles. The molecule has 5 rings (SSSR count). The van der Waals surface area contributed by atoms with Gasteiger partial charge in [-0.15, -0.1) is 10.2 Å². The smallest absolute Gasteiger partial charge is 0.191 e. The molecule has 3 aliphatic rings. The van der Waals surface area contributed by atoms with Crippen molar-refractivity contribution in [1.82, 2.24) is 15.1 Å². The van der Waals surface area contributed by atoms with E-state index in [0.717, 1.165) is 50.2 Å². The lowest BCUT2D eigenvalue weighted by Gasteiger charge is -2.27. The zero-order valence-electron chi connectivity index (χ0n) is 18.4. The number of ether oxygens (including phenoxy) is 2. The van der Waals surface area contributed by atoms with Crippen LogP contribution in [0.25, 0.3) is 11.3 Å². The van der Waals surface area contributed by atoms with Gasteiger partial charge in [-0.3, -0.25) is 0 Å². The minimum absolute atomic E-state index is 0.0716. The van der Waals surface area contributed by atoms with Crippen LogP contribution in [0.1, 0.15) is 25.7 Å². The number of nitrogens with one attached hydrogen (secondary N) is 1. The number of hydrogen-bond acceptors (Lipinski definition) is 6. The highest BCUT2D eigenvalue weighted by Crippen LogP contribution is 2.40. The van der Waals surface area contributed by atoms with Gasteiger partial charge in [0.25, 0.3) is 0 Å². The first-order valence-corrected chi connectivity index (χ1v) is 11.5. The zero-order chi connectivity index (χ0) is 22.1. The van der Waals surface area contributed by atoms with Crippen LogP contribution in [0.3, 0.4) is 0 Å². The molecular weight excluding hydrogens is 414 g/mol. The second kappa shape index (κ2) is 9.27. The minimum Gasteiger partial charge on any atom is -0.493 e. The molecule has 0 bridgehead atoms. The summed E-state index contributed by atoms with van der Waals surface area (Å²) in [7, 11) is 1.55. The van der Waals surface area contributed by atoms with Crippen LogP contribution in [0, 0.1) is 29.4 Å². The van der Waals surface area contributed by atoms with Gasteiger partial charge in [-0.1, -0.05) is 0 Å². The van der Waals surface area contributed by atoms with Gasteiger partial charge in [0, 0.05) is 50.5 Å². The summed E-state index contributed by atoms with van der Waals surface area (Å²) in [4.78, 5) is 2.64. The molecule has 0 spiro atoms. The van der Waals surface area contributed by atoms with E-state index in [-0.39, 0.29) is 11.3 Å². The van der Waals surface area contributed by atoms with Gasteiger partial charge in [-0.05, 0) is 61.6 Å². The standard InChI is InChI=1S/C24H30F2N4O2/c1-31-23-11-22(20-10-18(25)2-3-21(20)26)28-29-24(23)27-19-8-16-13-30(14-17(16)9-19)12-15-4-6-32-7-5-15/h2-3,10-11,15-17,19H,4-9,12-14H2,1H3,(H,27,29)/t16-,17+,19-. The maximum atomic E-state index is 14.1. The normalized spacial score (nSPS) is 26.3. The van der Waals surface area contributed by atoms with Crippen molar-refractivity contribution in [3.63, 3.8) is 0 Å². The second-order valence-electron chi connectivity index (χ2n) is 9.38. The molecule has 2 aliphatic heterocycles. The highest BCUT2D eigenvalue weighted by Gasteiger charge is 2.41. The molecule has 6 nitrogen and oxygen atoms in total. The molecular formula is C24H30F2N4O2. The van der Waals surface area contributed by atoms with Crippen LogP contribution in [0.4, 0.5) is 14.6 Å². The first kappa shape index (κ1) is 21.5. The summed E-state index contributed by atoms with van der Waals surface area (Å²) in [6.45, 7) is 5.35. The molecule has 3 fully saturated rings. The van der Waals surface area contributed by atoms with Crippen LogP contribution in [0.2, 0.25) is 0 Å². The number of halogens is 2. The largest absolute Gasteiger partial charge is 0.493 e. The lowest BCUT2D eigenvalue weighted by Crippen LogP contribution is -2.32. The van der Waals surface area contributed by atoms with Gasteiger partial charge in [0.1, 0.15) is 11.6 Å². The van der Waals surface area contributed by atoms with Crippen molar-refractivity contribution in [2.24, 2.45) is 17.8 Å². The topological polar surface area (TPSA) is 59.5 Å². The van der Waals surface area contributed by atoms with E-state index < -0.39 is 11.6 Å². The van der Waals surface area contributed by atoms with Crippen molar-refractivity contribution in [2.45, 2.75) is 31.7 Å². The molecule has 1 aromatic heterocycles. The van der Waals surface area contributed by atoms with Crippen molar-refractivity contribution in [3.8, 4) is 17.0 Å². The molecule has 3 atom stereocenters. The molecule has 3 heterocycles. The van der Waals surface area contributed by atoms with E-state index in [1.54, 1.807) is 13.2 Å². The monoisotopic (exact) mass is 444 g/mol. The lowest BCUT2D eigenvalue weighted by molar-refractivity contribution is 0.0545. The fourth-order valence-corrected chi connectivity index (χ4v) is 5.61. The molecule has 172 valence electrons. The fraction of sp³-hybridized carbons (Fsp3) is 0.583. The van der Waals surface area contributed by atoms with Gasteiger partial charge in [0.2, 0.25) is 0 Å². The maximum absolute atomic E-state index is 14.1. The molecule has 32 heavy (non-hydrogen) atoms. The molecule has 1 N–H and O–H groups in total. The SMILES string of the molecule is COc1cc(-c2cc(F)ccc2F)nnc1N[C@@H]1C[C@@H]2CN(CC3CCOCC3)C[C@@H]2C1. The Morgan fingerprint density at radius 3 is 2.56 bits per heavy atom. The van der Waals surface area contributed by atoms with Crippen LogP contribution in [-0.2, 0) is 4.74 Å². The van der Waals surface area contributed by atoms with E-state index in [2.05, 4.69) is 20.4 Å². The Hall–Kier alpha value is -2.32. The van der Waals surface area contributed by atoms with Crippen molar-refractivity contribution >= 4 is 5.82 Å². The summed E-state index contributed by atoms with van der Waals surface area (Å²) >= 11 is 0. The Morgan fingerprint density at radius 2 is 1.84 bits per heavy atom. The summed E-state index contributed by atoms with van der Waals surface area (Å²) in [5.41, 5.74) is 0.318. The number of likely N-dealkylation sites (tertiary alicyclic amines) is 1. The van der Waals surface area contributed by atoms with Gasteiger partial charge in [0.15, 0.2) is 11.6 Å². The number of anilines is 1. The molecule has 1 saturated carbocycles. The quantitative estimate of drug-likeness (QED) is 0.727. The molecule has 0 radical (unpaired) electrons. The molecule has 1 aliphatic carbocycles. The third kappa shape index (κ3) is 4.57. The van der Waals surface area contributed by atoms with Crippen LogP contribution in [0.15, 0.2) is 24.3 Å². The van der Waals surface area contributed by atoms with Gasteiger partial charge in [-0.25, -0.2) is 8.78 Å². The first-order valence-electron chi connectivity index (χ1n) is 11.5. The molecule has 8 heteroatoms. The number of methoxy groups -OCH3 is 1. The van der Waals surface area contributed by atoms with Crippen LogP contribution in [-0.4, -0.2) is 61.1 Å². The Bertz CT molecular complexity index is 940. The van der Waals surface area contributed by atoms with Crippen LogP contribution < -0.4 is 10.1 Å². The van der Waals surface area contributed by atoms with E-state index in [1.807, 2.05) is 0 Å². The number of nitrogens with zero attached hydrogens (tertiary/aromatic N) is 3. The minimum atomic E-state index is -0.544. The van der Waals surface area contributed by atoms with E-state index in [4.69, 9.17) is 9.47 Å². The third-order valence-electron chi connectivity index (χ3n) is 7.21. The Balaban J connectivity index is 1.21. The predicted molar refractivity (Wildman–Crippen MR) is 118 cm³/mol. The predicted octanol–water partition coefficient (Wildman–Crippen LogP) is 3.98. The Labute approximate surface area is 187 Å². The van der Waals surface area contributed by atoms with Crippen molar-refractivity contribution in [3.05, 3.63) is 35.9 Å². The second-order valence-corrected chi connectivity index (χ2v) is 9.38. The highest BCUT2D eigenvalue weighted by atomic mass is 19.1. The molecule has 0 amide bonds. The zero-order valence-corrected chi connectivity index (χ0v) is 18.4. The van der Waals surface area contributed by atoms with E-state index in [1.165, 1.54) is 32.5 Å². The van der Waals surface area contributed by atoms with Crippen LogP contribution >= 0.6 is 0 Å². The summed E-state index contributed by atoms with van der Waals surface area (Å²) in [6, 6.07) is 5.22. The van der Waals surface area contributed by atoms with Crippen molar-refractivity contribution < 1.29 is 18.3 Å². The number of rotatable bonds is 6. The van der Waals surface area contributed by atoms with Gasteiger partial charge < -0.3 is 19.7 Å². The number of fused-ring (bicyclic) bond motifs is 1. The van der Waals surface area contributed by atoms with E-state index >= 15 is 0 Å². The van der Waals surface area contributed by atoms with Gasteiger partial charge >= 0.3 is 0 Å². The fourth-order valence-electron chi connectivity index (χ4n) is 5.61. The molecule has 1 aromatic carbocycles. The lowest BCUT2D eigenvalue weighted by atomic mass is 10.00. The molecule has 0 unspecified atom stereocenters. The number of hydrogen-bond donors (Lipinski definition) is 1. The number of benzene rings is 1. The van der Waals surface area contributed by atoms with Gasteiger partial charge in [0.05, 0.1) is 12.8 Å². The molecule has 2 aromatic rings. The summed E-state index contributed by atoms with van der Waals surface area (Å²) in [5.74, 6) is 2.15. The van der Waals surface area contributed by atoms with E-state index in [0.29, 0.717) is 29.4 Å². The Kier molecular flexibility index (Phi) is 6.24. The average Bonchev–Trinajstić information content (AvgIpc) is 3.34. The number of aromatic nitrogens is 2. The van der Waals surface area contributed by atoms with E-state index in [9.17, 15) is 8.78 Å². The van der Waals surface area contributed by atoms with Crippen LogP contribution in [0.5, 0.6) is 5.75 Å². The third-order valence-corrected chi connectivity index (χ3v) is 7.21. The first-order chi connectivity index (χ1) is 15.6. The van der Waals surface area contributed by atoms with Crippen molar-refractivity contribution in [1.29, 1.82) is 0 Å². The summed E-state index contributed by atoms with van der Waals surface area (Å²) in [5, 5.41) is 11.9. The Morgan fingerprint density at radius 1 is 1.09 bits per heavy atom. The highest BCUT2D eigenvalue weighted by molar-refractivity contribution is 5.64. The summed E-state index contributed by atoms with van der Waals surface area (Å²) < 4.78 is 38.7.